The number of phenolic OH excluding ortho intramolecular Hbond substituents is 1. The zero-order valence-electron chi connectivity index (χ0n) is 10.8. The van der Waals surface area contributed by atoms with Crippen molar-refractivity contribution >= 4 is 15.8 Å². The molecule has 1 unspecified atom stereocenters. The standard InChI is InChI=1S/C13H16O5S/c1-9(2)13(15)18-10(3)8-19(16,17)12-6-4-11(14)5-7-12/h4-7,10,14H,1,8H2,2-3H3. The molecule has 0 aliphatic heterocycles. The third-order valence-electron chi connectivity index (χ3n) is 2.31. The van der Waals surface area contributed by atoms with Gasteiger partial charge < -0.3 is 9.84 Å². The first kappa shape index (κ1) is 15.2. The van der Waals surface area contributed by atoms with Gasteiger partial charge in [0.15, 0.2) is 9.84 Å². The number of carbonyl (C=O) groups excluding carboxylic acids is 1. The molecule has 0 aliphatic carbocycles. The molecule has 0 heterocycles. The summed E-state index contributed by atoms with van der Waals surface area (Å²) in [7, 11) is -3.57. The lowest BCUT2D eigenvalue weighted by Gasteiger charge is -2.13. The zero-order valence-corrected chi connectivity index (χ0v) is 11.6. The van der Waals surface area contributed by atoms with E-state index in [-0.39, 0.29) is 22.0 Å². The Balaban J connectivity index is 2.77. The second-order valence-corrected chi connectivity index (χ2v) is 6.31. The van der Waals surface area contributed by atoms with Crippen LogP contribution in [0.25, 0.3) is 0 Å². The van der Waals surface area contributed by atoms with Crippen molar-refractivity contribution in [2.75, 3.05) is 5.75 Å². The van der Waals surface area contributed by atoms with E-state index in [9.17, 15) is 13.2 Å². The van der Waals surface area contributed by atoms with Crippen molar-refractivity contribution in [2.24, 2.45) is 0 Å². The fraction of sp³-hybridized carbons (Fsp3) is 0.308. The van der Waals surface area contributed by atoms with Crippen LogP contribution in [0.1, 0.15) is 13.8 Å². The number of phenols is 1. The van der Waals surface area contributed by atoms with Gasteiger partial charge in [-0.2, -0.15) is 0 Å². The van der Waals surface area contributed by atoms with Gasteiger partial charge in [-0.1, -0.05) is 6.58 Å². The molecule has 1 atom stereocenters. The van der Waals surface area contributed by atoms with Gasteiger partial charge in [-0.25, -0.2) is 13.2 Å². The lowest BCUT2D eigenvalue weighted by atomic mass is 10.3. The number of benzene rings is 1. The van der Waals surface area contributed by atoms with Gasteiger partial charge >= 0.3 is 5.97 Å². The van der Waals surface area contributed by atoms with E-state index in [0.717, 1.165) is 0 Å². The molecular formula is C13H16O5S. The fourth-order valence-corrected chi connectivity index (χ4v) is 2.81. The summed E-state index contributed by atoms with van der Waals surface area (Å²) in [6, 6.07) is 5.19. The second kappa shape index (κ2) is 5.88. The van der Waals surface area contributed by atoms with Crippen LogP contribution in [0.2, 0.25) is 0 Å². The highest BCUT2D eigenvalue weighted by atomic mass is 32.2. The first-order valence-corrected chi connectivity index (χ1v) is 7.26. The zero-order chi connectivity index (χ0) is 14.6. The van der Waals surface area contributed by atoms with Crippen molar-refractivity contribution in [1.29, 1.82) is 0 Å². The molecule has 0 aliphatic rings. The van der Waals surface area contributed by atoms with E-state index in [4.69, 9.17) is 9.84 Å². The highest BCUT2D eigenvalue weighted by Gasteiger charge is 2.21. The summed E-state index contributed by atoms with van der Waals surface area (Å²) in [5.74, 6) is -0.953. The van der Waals surface area contributed by atoms with Gasteiger partial charge in [0.05, 0.1) is 10.6 Å². The number of aromatic hydroxyl groups is 1. The molecule has 0 radical (unpaired) electrons. The van der Waals surface area contributed by atoms with Crippen molar-refractivity contribution in [1.82, 2.24) is 0 Å². The summed E-state index contributed by atoms with van der Waals surface area (Å²) in [5, 5.41) is 9.11. The molecule has 0 spiro atoms. The maximum absolute atomic E-state index is 12.0. The van der Waals surface area contributed by atoms with E-state index in [2.05, 4.69) is 6.58 Å². The molecule has 104 valence electrons. The quantitative estimate of drug-likeness (QED) is 0.657. The molecule has 0 aromatic heterocycles. The Labute approximate surface area is 112 Å². The molecule has 0 saturated heterocycles. The van der Waals surface area contributed by atoms with Crippen LogP contribution in [-0.4, -0.2) is 31.4 Å². The second-order valence-electron chi connectivity index (χ2n) is 4.27. The molecule has 0 amide bonds. The van der Waals surface area contributed by atoms with E-state index in [1.807, 2.05) is 0 Å². The van der Waals surface area contributed by atoms with Crippen molar-refractivity contribution in [3.8, 4) is 5.75 Å². The van der Waals surface area contributed by atoms with E-state index < -0.39 is 21.9 Å². The Kier molecular flexibility index (Phi) is 4.72. The summed E-state index contributed by atoms with van der Waals surface area (Å²) in [4.78, 5) is 11.3. The van der Waals surface area contributed by atoms with Gasteiger partial charge in [-0.05, 0) is 38.1 Å². The normalized spacial score (nSPS) is 12.7. The lowest BCUT2D eigenvalue weighted by molar-refractivity contribution is -0.142. The molecule has 0 bridgehead atoms. The number of esters is 1. The summed E-state index contributed by atoms with van der Waals surface area (Å²) < 4.78 is 28.9. The molecule has 5 nitrogen and oxygen atoms in total. The first-order valence-electron chi connectivity index (χ1n) is 5.60. The molecule has 1 aromatic rings. The van der Waals surface area contributed by atoms with Gasteiger partial charge in [0.2, 0.25) is 0 Å². The molecule has 0 fully saturated rings. The minimum Gasteiger partial charge on any atom is -0.508 e. The van der Waals surface area contributed by atoms with Crippen LogP contribution in [0.15, 0.2) is 41.3 Å². The average molecular weight is 284 g/mol. The van der Waals surface area contributed by atoms with Crippen LogP contribution in [0.5, 0.6) is 5.75 Å². The van der Waals surface area contributed by atoms with E-state index in [1.54, 1.807) is 0 Å². The average Bonchev–Trinajstić information content (AvgIpc) is 2.28. The topological polar surface area (TPSA) is 80.7 Å². The van der Waals surface area contributed by atoms with E-state index >= 15 is 0 Å². The Morgan fingerprint density at radius 2 is 1.89 bits per heavy atom. The number of sulfone groups is 1. The molecule has 1 aromatic carbocycles. The van der Waals surface area contributed by atoms with Crippen LogP contribution < -0.4 is 0 Å². The number of carbonyl (C=O) groups is 1. The third kappa shape index (κ3) is 4.40. The van der Waals surface area contributed by atoms with Crippen molar-refractivity contribution in [3.63, 3.8) is 0 Å². The Bertz CT molecular complexity index is 572. The Hall–Kier alpha value is -1.82. The van der Waals surface area contributed by atoms with E-state index in [1.165, 1.54) is 38.1 Å². The van der Waals surface area contributed by atoms with Crippen LogP contribution in [0, 0.1) is 0 Å². The summed E-state index contributed by atoms with van der Waals surface area (Å²) in [6.07, 6.45) is -0.775. The van der Waals surface area contributed by atoms with Gasteiger partial charge in [0.1, 0.15) is 11.9 Å². The number of rotatable bonds is 5. The summed E-state index contributed by atoms with van der Waals surface area (Å²) in [6.45, 7) is 6.41. The Morgan fingerprint density at radius 3 is 2.37 bits per heavy atom. The maximum atomic E-state index is 12.0. The predicted octanol–water partition coefficient (Wildman–Crippen LogP) is 1.67. The van der Waals surface area contributed by atoms with Gasteiger partial charge in [0.25, 0.3) is 0 Å². The lowest BCUT2D eigenvalue weighted by Crippen LogP contribution is -2.24. The molecule has 1 N–H and O–H groups in total. The summed E-state index contributed by atoms with van der Waals surface area (Å²) >= 11 is 0. The van der Waals surface area contributed by atoms with Gasteiger partial charge in [-0.15, -0.1) is 0 Å². The van der Waals surface area contributed by atoms with Gasteiger partial charge in [-0.3, -0.25) is 0 Å². The van der Waals surface area contributed by atoms with Crippen molar-refractivity contribution in [3.05, 3.63) is 36.4 Å². The maximum Gasteiger partial charge on any atom is 0.333 e. The highest BCUT2D eigenvalue weighted by molar-refractivity contribution is 7.91. The predicted molar refractivity (Wildman–Crippen MR) is 70.5 cm³/mol. The first-order chi connectivity index (χ1) is 8.72. The molecule has 0 saturated carbocycles. The van der Waals surface area contributed by atoms with Crippen molar-refractivity contribution in [2.45, 2.75) is 24.8 Å². The monoisotopic (exact) mass is 284 g/mol. The van der Waals surface area contributed by atoms with Crippen LogP contribution in [0.3, 0.4) is 0 Å². The SMILES string of the molecule is C=C(C)C(=O)OC(C)CS(=O)(=O)c1ccc(O)cc1. The fourth-order valence-electron chi connectivity index (χ4n) is 1.38. The van der Waals surface area contributed by atoms with Crippen molar-refractivity contribution < 1.29 is 23.1 Å². The molecule has 6 heteroatoms. The van der Waals surface area contributed by atoms with Gasteiger partial charge in [0, 0.05) is 5.57 Å². The van der Waals surface area contributed by atoms with Crippen LogP contribution in [-0.2, 0) is 19.4 Å². The Morgan fingerprint density at radius 1 is 1.37 bits per heavy atom. The number of hydrogen-bond acceptors (Lipinski definition) is 5. The molecule has 1 rings (SSSR count). The third-order valence-corrected chi connectivity index (χ3v) is 4.21. The number of ether oxygens (including phenoxy) is 1. The minimum atomic E-state index is -3.57. The molecular weight excluding hydrogens is 268 g/mol. The molecule has 19 heavy (non-hydrogen) atoms. The van der Waals surface area contributed by atoms with Crippen LogP contribution in [0.4, 0.5) is 0 Å². The number of hydrogen-bond donors (Lipinski definition) is 1. The minimum absolute atomic E-state index is 0.0132. The summed E-state index contributed by atoms with van der Waals surface area (Å²) in [5.41, 5.74) is 0.217. The van der Waals surface area contributed by atoms with Crippen LogP contribution >= 0.6 is 0 Å². The van der Waals surface area contributed by atoms with E-state index in [0.29, 0.717) is 0 Å². The smallest absolute Gasteiger partial charge is 0.333 e. The largest absolute Gasteiger partial charge is 0.508 e. The highest BCUT2D eigenvalue weighted by Crippen LogP contribution is 2.17.